The molecule has 18 heavy (non-hydrogen) atoms. The molecule has 0 saturated carbocycles. The maximum atomic E-state index is 11.6. The second kappa shape index (κ2) is 5.52. The summed E-state index contributed by atoms with van der Waals surface area (Å²) in [6.45, 7) is 2.42. The zero-order chi connectivity index (χ0) is 13.1. The molecule has 1 aliphatic rings. The Balaban J connectivity index is 1.84. The summed E-state index contributed by atoms with van der Waals surface area (Å²) < 4.78 is 6.47. The van der Waals surface area contributed by atoms with Crippen LogP contribution in [0.1, 0.15) is 13.3 Å². The molecule has 1 saturated heterocycles. The number of carbonyl (C=O) groups excluding carboxylic acids is 2. The van der Waals surface area contributed by atoms with E-state index in [9.17, 15) is 9.59 Å². The summed E-state index contributed by atoms with van der Waals surface area (Å²) in [5.41, 5.74) is 0. The standard InChI is InChI=1S/C13H14BrNO3/c1-9-8-12(16)15(13(9)17)6-7-18-11-4-2-10(14)3-5-11/h2-5,9H,6-8H2,1H3. The van der Waals surface area contributed by atoms with E-state index in [2.05, 4.69) is 15.9 Å². The van der Waals surface area contributed by atoms with Crippen molar-refractivity contribution in [2.75, 3.05) is 13.2 Å². The fourth-order valence-electron chi connectivity index (χ4n) is 1.87. The molecule has 1 aromatic rings. The van der Waals surface area contributed by atoms with E-state index in [1.54, 1.807) is 6.92 Å². The minimum atomic E-state index is -0.190. The first-order valence-electron chi connectivity index (χ1n) is 5.80. The van der Waals surface area contributed by atoms with Crippen molar-refractivity contribution in [3.63, 3.8) is 0 Å². The van der Waals surface area contributed by atoms with Crippen LogP contribution >= 0.6 is 15.9 Å². The number of halogens is 1. The van der Waals surface area contributed by atoms with Crippen LogP contribution in [-0.2, 0) is 9.59 Å². The predicted octanol–water partition coefficient (Wildman–Crippen LogP) is 2.22. The van der Waals surface area contributed by atoms with Crippen LogP contribution in [0.3, 0.4) is 0 Å². The van der Waals surface area contributed by atoms with Crippen molar-refractivity contribution < 1.29 is 14.3 Å². The lowest BCUT2D eigenvalue weighted by atomic mass is 10.1. The average Bonchev–Trinajstić information content (AvgIpc) is 2.58. The molecule has 0 N–H and O–H groups in total. The third kappa shape index (κ3) is 2.90. The molecule has 0 radical (unpaired) electrons. The second-order valence-electron chi connectivity index (χ2n) is 4.29. The number of amides is 2. The van der Waals surface area contributed by atoms with E-state index in [1.165, 1.54) is 4.90 Å². The minimum Gasteiger partial charge on any atom is -0.492 e. The molecule has 5 heteroatoms. The lowest BCUT2D eigenvalue weighted by Crippen LogP contribution is -2.34. The first-order valence-corrected chi connectivity index (χ1v) is 6.60. The van der Waals surface area contributed by atoms with Gasteiger partial charge in [0.25, 0.3) is 0 Å². The zero-order valence-electron chi connectivity index (χ0n) is 10.1. The van der Waals surface area contributed by atoms with Crippen LogP contribution in [0.15, 0.2) is 28.7 Å². The minimum absolute atomic E-state index is 0.0978. The number of imide groups is 1. The van der Waals surface area contributed by atoms with Gasteiger partial charge in [-0.05, 0) is 24.3 Å². The molecule has 1 unspecified atom stereocenters. The largest absolute Gasteiger partial charge is 0.492 e. The van der Waals surface area contributed by atoms with Crippen molar-refractivity contribution in [1.82, 2.24) is 4.90 Å². The van der Waals surface area contributed by atoms with E-state index in [0.717, 1.165) is 10.2 Å². The quantitative estimate of drug-likeness (QED) is 0.801. The van der Waals surface area contributed by atoms with Gasteiger partial charge in [0.1, 0.15) is 12.4 Å². The van der Waals surface area contributed by atoms with E-state index in [4.69, 9.17) is 4.74 Å². The highest BCUT2D eigenvalue weighted by molar-refractivity contribution is 9.10. The molecule has 0 spiro atoms. The topological polar surface area (TPSA) is 46.6 Å². The third-order valence-electron chi connectivity index (χ3n) is 2.87. The lowest BCUT2D eigenvalue weighted by Gasteiger charge is -2.14. The molecule has 1 heterocycles. The Bertz CT molecular complexity index is 458. The Morgan fingerprint density at radius 1 is 1.33 bits per heavy atom. The molecular formula is C13H14BrNO3. The van der Waals surface area contributed by atoms with Crippen LogP contribution in [0.5, 0.6) is 5.75 Å². The van der Waals surface area contributed by atoms with Gasteiger partial charge in [0.15, 0.2) is 0 Å². The molecule has 2 amide bonds. The van der Waals surface area contributed by atoms with Crippen LogP contribution in [0.25, 0.3) is 0 Å². The van der Waals surface area contributed by atoms with Crippen molar-refractivity contribution in [2.24, 2.45) is 5.92 Å². The number of likely N-dealkylation sites (tertiary alicyclic amines) is 1. The fraction of sp³-hybridized carbons (Fsp3) is 0.385. The maximum Gasteiger partial charge on any atom is 0.232 e. The summed E-state index contributed by atoms with van der Waals surface area (Å²) in [6, 6.07) is 7.42. The SMILES string of the molecule is CC1CC(=O)N(CCOc2ccc(Br)cc2)C1=O. The van der Waals surface area contributed by atoms with Crippen molar-refractivity contribution >= 4 is 27.7 Å². The van der Waals surface area contributed by atoms with Crippen LogP contribution in [0, 0.1) is 5.92 Å². The normalized spacial score (nSPS) is 19.4. The number of nitrogens with zero attached hydrogens (tertiary/aromatic N) is 1. The summed E-state index contributed by atoms with van der Waals surface area (Å²) >= 11 is 3.34. The smallest absolute Gasteiger partial charge is 0.232 e. The second-order valence-corrected chi connectivity index (χ2v) is 5.21. The van der Waals surface area contributed by atoms with E-state index in [0.29, 0.717) is 19.6 Å². The van der Waals surface area contributed by atoms with Gasteiger partial charge in [-0.3, -0.25) is 14.5 Å². The fourth-order valence-corrected chi connectivity index (χ4v) is 2.13. The van der Waals surface area contributed by atoms with Gasteiger partial charge in [0.05, 0.1) is 6.54 Å². The lowest BCUT2D eigenvalue weighted by molar-refractivity contribution is -0.139. The zero-order valence-corrected chi connectivity index (χ0v) is 11.6. The highest BCUT2D eigenvalue weighted by Crippen LogP contribution is 2.19. The van der Waals surface area contributed by atoms with Crippen LogP contribution in [0.2, 0.25) is 0 Å². The molecule has 1 aromatic carbocycles. The predicted molar refractivity (Wildman–Crippen MR) is 70.1 cm³/mol. The summed E-state index contributed by atoms with van der Waals surface area (Å²) in [7, 11) is 0. The molecule has 4 nitrogen and oxygen atoms in total. The van der Waals surface area contributed by atoms with Gasteiger partial charge in [0.2, 0.25) is 11.8 Å². The van der Waals surface area contributed by atoms with Crippen LogP contribution in [0.4, 0.5) is 0 Å². The van der Waals surface area contributed by atoms with Gasteiger partial charge in [-0.25, -0.2) is 0 Å². The van der Waals surface area contributed by atoms with Gasteiger partial charge in [-0.1, -0.05) is 22.9 Å². The van der Waals surface area contributed by atoms with Gasteiger partial charge in [-0.2, -0.15) is 0 Å². The molecule has 0 aromatic heterocycles. The van der Waals surface area contributed by atoms with E-state index in [1.807, 2.05) is 24.3 Å². The molecular weight excluding hydrogens is 298 g/mol. The Kier molecular flexibility index (Phi) is 4.01. The van der Waals surface area contributed by atoms with Gasteiger partial charge >= 0.3 is 0 Å². The average molecular weight is 312 g/mol. The van der Waals surface area contributed by atoms with Gasteiger partial charge in [-0.15, -0.1) is 0 Å². The van der Waals surface area contributed by atoms with E-state index in [-0.39, 0.29) is 17.7 Å². The highest BCUT2D eigenvalue weighted by atomic mass is 79.9. The molecule has 0 bridgehead atoms. The summed E-state index contributed by atoms with van der Waals surface area (Å²) in [5.74, 6) is 0.335. The van der Waals surface area contributed by atoms with Crippen molar-refractivity contribution in [1.29, 1.82) is 0 Å². The first-order chi connectivity index (χ1) is 8.58. The van der Waals surface area contributed by atoms with Crippen LogP contribution in [-0.4, -0.2) is 29.9 Å². The molecule has 96 valence electrons. The number of ether oxygens (including phenoxy) is 1. The van der Waals surface area contributed by atoms with Crippen molar-refractivity contribution in [3.8, 4) is 5.75 Å². The number of benzene rings is 1. The molecule has 2 rings (SSSR count). The third-order valence-corrected chi connectivity index (χ3v) is 3.40. The van der Waals surface area contributed by atoms with Gasteiger partial charge in [0, 0.05) is 16.8 Å². The molecule has 1 atom stereocenters. The molecule has 1 aliphatic heterocycles. The number of hydrogen-bond acceptors (Lipinski definition) is 3. The van der Waals surface area contributed by atoms with E-state index >= 15 is 0 Å². The maximum absolute atomic E-state index is 11.6. The van der Waals surface area contributed by atoms with Crippen LogP contribution < -0.4 is 4.74 Å². The Morgan fingerprint density at radius 2 is 2.00 bits per heavy atom. The van der Waals surface area contributed by atoms with Crippen molar-refractivity contribution in [3.05, 3.63) is 28.7 Å². The van der Waals surface area contributed by atoms with Gasteiger partial charge < -0.3 is 4.74 Å². The van der Waals surface area contributed by atoms with Crippen molar-refractivity contribution in [2.45, 2.75) is 13.3 Å². The molecule has 0 aliphatic carbocycles. The highest BCUT2D eigenvalue weighted by Gasteiger charge is 2.35. The number of carbonyl (C=O) groups is 2. The first kappa shape index (κ1) is 13.1. The Morgan fingerprint density at radius 3 is 2.56 bits per heavy atom. The molecule has 1 fully saturated rings. The number of hydrogen-bond donors (Lipinski definition) is 0. The summed E-state index contributed by atoms with van der Waals surface area (Å²) in [6.07, 6.45) is 0.317. The Hall–Kier alpha value is -1.36. The summed E-state index contributed by atoms with van der Waals surface area (Å²) in [4.78, 5) is 24.5. The summed E-state index contributed by atoms with van der Waals surface area (Å²) in [5, 5.41) is 0. The monoisotopic (exact) mass is 311 g/mol. The number of rotatable bonds is 4. The van der Waals surface area contributed by atoms with E-state index < -0.39 is 0 Å². The Labute approximate surface area is 114 Å².